The highest BCUT2D eigenvalue weighted by atomic mass is 35.5. The molecular formula is C4H2Cl4N2O3S. The largest absolute Gasteiger partial charge is 0.320 e. The first-order valence-electron chi connectivity index (χ1n) is 2.92. The Bertz CT molecular complexity index is 430. The van der Waals surface area contributed by atoms with Gasteiger partial charge in [0.25, 0.3) is 0 Å². The molecule has 0 aromatic heterocycles. The molecule has 0 aromatic rings. The lowest BCUT2D eigenvalue weighted by atomic mass is 10.5. The summed E-state index contributed by atoms with van der Waals surface area (Å²) >= 11 is 21.8. The van der Waals surface area contributed by atoms with E-state index in [9.17, 15) is 8.42 Å². The van der Waals surface area contributed by atoms with Crippen LogP contribution in [0.4, 0.5) is 0 Å². The van der Waals surface area contributed by atoms with E-state index in [4.69, 9.17) is 51.0 Å². The van der Waals surface area contributed by atoms with Gasteiger partial charge in [0.05, 0.1) is 0 Å². The van der Waals surface area contributed by atoms with Crippen molar-refractivity contribution in [3.05, 3.63) is 10.2 Å². The van der Waals surface area contributed by atoms with E-state index in [0.717, 1.165) is 0 Å². The Morgan fingerprint density at radius 2 is 1.86 bits per heavy atom. The fraction of sp³-hybridized carbons (Fsp3) is 0.250. The summed E-state index contributed by atoms with van der Waals surface area (Å²) in [5.74, 6) is 0. The Morgan fingerprint density at radius 1 is 1.36 bits per heavy atom. The predicted octanol–water partition coefficient (Wildman–Crippen LogP) is 1.61. The minimum atomic E-state index is -4.76. The van der Waals surface area contributed by atoms with E-state index in [2.05, 4.69) is 10.3 Å². The third-order valence-corrected chi connectivity index (χ3v) is 4.33. The number of nitrogens with one attached hydrogen (secondary N) is 1. The Labute approximate surface area is 99.4 Å². The second-order valence-electron chi connectivity index (χ2n) is 2.19. The quantitative estimate of drug-likeness (QED) is 0.438. The van der Waals surface area contributed by atoms with Crippen LogP contribution in [0.3, 0.4) is 0 Å². The van der Waals surface area contributed by atoms with Crippen LogP contribution in [0.15, 0.2) is 15.2 Å². The van der Waals surface area contributed by atoms with Crippen LogP contribution in [0.5, 0.6) is 0 Å². The first-order chi connectivity index (χ1) is 6.18. The smallest absolute Gasteiger partial charge is 0.311 e. The van der Waals surface area contributed by atoms with E-state index in [1.54, 1.807) is 0 Å². The number of hydrogen-bond donors (Lipinski definition) is 2. The number of halogens is 4. The number of nitrogens with zero attached hydrogens (tertiary/aromatic N) is 1. The molecule has 1 aliphatic rings. The van der Waals surface area contributed by atoms with Crippen LogP contribution < -0.4 is 5.32 Å². The van der Waals surface area contributed by atoms with Gasteiger partial charge in [-0.2, -0.15) is 8.42 Å². The van der Waals surface area contributed by atoms with Crippen molar-refractivity contribution in [2.45, 2.75) is 4.33 Å². The summed E-state index contributed by atoms with van der Waals surface area (Å²) < 4.78 is 27.9. The summed E-state index contributed by atoms with van der Waals surface area (Å²) in [7, 11) is -4.76. The lowest BCUT2D eigenvalue weighted by molar-refractivity contribution is 0.469. The van der Waals surface area contributed by atoms with Crippen molar-refractivity contribution in [2.24, 2.45) is 4.99 Å². The molecular weight excluding hydrogens is 298 g/mol. The van der Waals surface area contributed by atoms with Crippen LogP contribution in [0.25, 0.3) is 0 Å². The average molecular weight is 300 g/mol. The molecule has 0 amide bonds. The van der Waals surface area contributed by atoms with Crippen molar-refractivity contribution in [3.8, 4) is 0 Å². The summed E-state index contributed by atoms with van der Waals surface area (Å²) in [6.45, 7) is 0. The minimum absolute atomic E-state index is 0.320. The monoisotopic (exact) mass is 298 g/mol. The normalized spacial score (nSPS) is 28.5. The first-order valence-corrected chi connectivity index (χ1v) is 5.88. The summed E-state index contributed by atoms with van der Waals surface area (Å²) in [5.41, 5.74) is 0. The lowest BCUT2D eigenvalue weighted by Gasteiger charge is -2.24. The second-order valence-corrected chi connectivity index (χ2v) is 5.62. The maximum Gasteiger partial charge on any atom is 0.311 e. The Balaban J connectivity index is 3.41. The van der Waals surface area contributed by atoms with Gasteiger partial charge >= 0.3 is 14.4 Å². The number of alkyl halides is 1. The Kier molecular flexibility index (Phi) is 3.26. The predicted molar refractivity (Wildman–Crippen MR) is 55.3 cm³/mol. The Morgan fingerprint density at radius 3 is 2.29 bits per heavy atom. The fourth-order valence-corrected chi connectivity index (χ4v) is 2.44. The number of aliphatic imine (C=N–C) groups is 1. The van der Waals surface area contributed by atoms with Crippen molar-refractivity contribution < 1.29 is 13.0 Å². The molecule has 0 bridgehead atoms. The van der Waals surface area contributed by atoms with Gasteiger partial charge in [0.2, 0.25) is 0 Å². The summed E-state index contributed by atoms with van der Waals surface area (Å²) in [5, 5.41) is 0.932. The maximum absolute atomic E-state index is 10.9. The third-order valence-electron chi connectivity index (χ3n) is 1.26. The highest BCUT2D eigenvalue weighted by Crippen LogP contribution is 2.39. The molecule has 80 valence electrons. The number of rotatable bonds is 1. The second kappa shape index (κ2) is 3.70. The molecule has 5 nitrogen and oxygen atoms in total. The molecule has 1 aliphatic heterocycles. The third kappa shape index (κ3) is 1.95. The zero-order valence-electron chi connectivity index (χ0n) is 6.13. The van der Waals surface area contributed by atoms with Crippen LogP contribution in [0, 0.1) is 0 Å². The van der Waals surface area contributed by atoms with Crippen molar-refractivity contribution in [3.63, 3.8) is 0 Å². The maximum atomic E-state index is 10.9. The summed E-state index contributed by atoms with van der Waals surface area (Å²) in [4.78, 5) is 3.24. The van der Waals surface area contributed by atoms with Crippen LogP contribution in [0.2, 0.25) is 0 Å². The van der Waals surface area contributed by atoms with Crippen LogP contribution in [-0.2, 0) is 10.1 Å². The van der Waals surface area contributed by atoms with Gasteiger partial charge in [-0.25, -0.2) is 4.99 Å². The van der Waals surface area contributed by atoms with Gasteiger partial charge in [-0.15, -0.1) is 0 Å². The summed E-state index contributed by atoms with van der Waals surface area (Å²) in [6.07, 6.45) is 0. The molecule has 0 saturated carbocycles. The standard InChI is InChI=1S/C4H2Cl4N2O3S/c5-1-2(6)9-3(7)10-4(1,8)14(11,12)13/h(H,9,10)(H,11,12,13). The molecule has 0 spiro atoms. The van der Waals surface area contributed by atoms with Crippen LogP contribution in [-0.4, -0.2) is 22.6 Å². The number of amidine groups is 1. The molecule has 0 aliphatic carbocycles. The number of hydrogen-bond acceptors (Lipinski definition) is 4. The zero-order chi connectivity index (χ0) is 11.1. The van der Waals surface area contributed by atoms with Gasteiger partial charge in [0.1, 0.15) is 10.2 Å². The van der Waals surface area contributed by atoms with Gasteiger partial charge in [-0.1, -0.05) is 34.8 Å². The molecule has 0 radical (unpaired) electrons. The van der Waals surface area contributed by atoms with Crippen molar-refractivity contribution in [1.82, 2.24) is 5.32 Å². The highest BCUT2D eigenvalue weighted by Gasteiger charge is 2.48. The molecule has 0 fully saturated rings. The van der Waals surface area contributed by atoms with Gasteiger partial charge < -0.3 is 5.32 Å². The molecule has 1 rings (SSSR count). The minimum Gasteiger partial charge on any atom is -0.320 e. The molecule has 0 saturated heterocycles. The van der Waals surface area contributed by atoms with Gasteiger partial charge in [-0.05, 0) is 11.6 Å². The Hall–Kier alpha value is 0.280. The van der Waals surface area contributed by atoms with E-state index in [-0.39, 0.29) is 5.16 Å². The van der Waals surface area contributed by atoms with Gasteiger partial charge in [0, 0.05) is 0 Å². The molecule has 1 heterocycles. The van der Waals surface area contributed by atoms with Crippen LogP contribution in [0.1, 0.15) is 0 Å². The molecule has 10 heteroatoms. The SMILES string of the molecule is O=S(=O)(O)C1(Cl)N=C(Cl)NC(Cl)=C1Cl. The molecule has 1 unspecified atom stereocenters. The van der Waals surface area contributed by atoms with E-state index in [0.29, 0.717) is 0 Å². The topological polar surface area (TPSA) is 78.8 Å². The van der Waals surface area contributed by atoms with E-state index in [1.807, 2.05) is 0 Å². The fourth-order valence-electron chi connectivity index (χ4n) is 0.655. The summed E-state index contributed by atoms with van der Waals surface area (Å²) in [6, 6.07) is 0. The average Bonchev–Trinajstić information content (AvgIpc) is 1.97. The van der Waals surface area contributed by atoms with E-state index in [1.165, 1.54) is 0 Å². The van der Waals surface area contributed by atoms with Crippen molar-refractivity contribution in [1.29, 1.82) is 0 Å². The van der Waals surface area contributed by atoms with Crippen LogP contribution >= 0.6 is 46.4 Å². The van der Waals surface area contributed by atoms with Crippen molar-refractivity contribution >= 4 is 61.8 Å². The van der Waals surface area contributed by atoms with Crippen molar-refractivity contribution in [2.75, 3.05) is 0 Å². The van der Waals surface area contributed by atoms with Gasteiger partial charge in [-0.3, -0.25) is 4.55 Å². The lowest BCUT2D eigenvalue weighted by Crippen LogP contribution is -2.38. The molecule has 14 heavy (non-hydrogen) atoms. The first kappa shape index (κ1) is 12.4. The van der Waals surface area contributed by atoms with E-state index >= 15 is 0 Å². The zero-order valence-corrected chi connectivity index (χ0v) is 9.97. The molecule has 2 N–H and O–H groups in total. The van der Waals surface area contributed by atoms with E-state index < -0.39 is 24.8 Å². The molecule has 1 atom stereocenters. The highest BCUT2D eigenvalue weighted by molar-refractivity contribution is 7.89. The van der Waals surface area contributed by atoms with Gasteiger partial charge in [0.15, 0.2) is 5.29 Å². The molecule has 0 aromatic carbocycles.